The van der Waals surface area contributed by atoms with E-state index in [4.69, 9.17) is 11.6 Å². The van der Waals surface area contributed by atoms with Crippen molar-refractivity contribution in [1.82, 2.24) is 9.55 Å². The predicted molar refractivity (Wildman–Crippen MR) is 65.3 cm³/mol. The molecular formula is C12H15ClN2O2. The Labute approximate surface area is 104 Å². The van der Waals surface area contributed by atoms with E-state index >= 15 is 0 Å². The molecule has 4 nitrogen and oxygen atoms in total. The zero-order chi connectivity index (χ0) is 12.0. The summed E-state index contributed by atoms with van der Waals surface area (Å²) in [6.45, 7) is 0.556. The first-order chi connectivity index (χ1) is 8.15. The maximum absolute atomic E-state index is 11.7. The third-order valence-corrected chi connectivity index (χ3v) is 4.04. The van der Waals surface area contributed by atoms with Gasteiger partial charge in [0.25, 0.3) is 5.56 Å². The van der Waals surface area contributed by atoms with Crippen LogP contribution in [-0.4, -0.2) is 9.55 Å². The lowest BCUT2D eigenvalue weighted by molar-refractivity contribution is 0.338. The van der Waals surface area contributed by atoms with Gasteiger partial charge in [-0.1, -0.05) is 11.6 Å². The lowest BCUT2D eigenvalue weighted by atomic mass is 9.98. The molecule has 0 unspecified atom stereocenters. The quantitative estimate of drug-likeness (QED) is 0.831. The fraction of sp³-hybridized carbons (Fsp3) is 0.667. The number of aromatic nitrogens is 2. The van der Waals surface area contributed by atoms with Crippen molar-refractivity contribution in [2.45, 2.75) is 32.2 Å². The number of hydrogen-bond acceptors (Lipinski definition) is 2. The first kappa shape index (κ1) is 11.1. The van der Waals surface area contributed by atoms with Crippen LogP contribution in [0.4, 0.5) is 0 Å². The van der Waals surface area contributed by atoms with Gasteiger partial charge in [-0.2, -0.15) is 0 Å². The number of hydrogen-bond donors (Lipinski definition) is 1. The minimum absolute atomic E-state index is 0.116. The molecule has 1 aromatic heterocycles. The summed E-state index contributed by atoms with van der Waals surface area (Å²) in [7, 11) is 0. The second kappa shape index (κ2) is 4.02. The van der Waals surface area contributed by atoms with Crippen molar-refractivity contribution < 1.29 is 0 Å². The molecule has 92 valence electrons. The van der Waals surface area contributed by atoms with Crippen molar-refractivity contribution >= 4 is 11.6 Å². The van der Waals surface area contributed by atoms with Crippen LogP contribution in [0, 0.1) is 17.8 Å². The third kappa shape index (κ3) is 2.32. The molecule has 0 aliphatic heterocycles. The maximum Gasteiger partial charge on any atom is 0.329 e. The molecule has 1 N–H and O–H groups in total. The van der Waals surface area contributed by atoms with E-state index in [0.717, 1.165) is 11.8 Å². The van der Waals surface area contributed by atoms with Crippen LogP contribution >= 0.6 is 11.6 Å². The lowest BCUT2D eigenvalue weighted by Crippen LogP contribution is -2.37. The first-order valence-corrected chi connectivity index (χ1v) is 6.52. The average Bonchev–Trinajstić information content (AvgIpc) is 3.12. The van der Waals surface area contributed by atoms with E-state index < -0.39 is 0 Å². The highest BCUT2D eigenvalue weighted by atomic mass is 35.5. The Morgan fingerprint density at radius 1 is 1.29 bits per heavy atom. The monoisotopic (exact) mass is 254 g/mol. The van der Waals surface area contributed by atoms with Gasteiger partial charge in [0.1, 0.15) is 5.15 Å². The molecule has 2 saturated carbocycles. The second-order valence-electron chi connectivity index (χ2n) is 5.21. The molecule has 0 bridgehead atoms. The number of H-pyrrole nitrogens is 1. The Morgan fingerprint density at radius 3 is 2.35 bits per heavy atom. The molecule has 0 amide bonds. The summed E-state index contributed by atoms with van der Waals surface area (Å²) in [4.78, 5) is 25.9. The summed E-state index contributed by atoms with van der Waals surface area (Å²) >= 11 is 5.64. The standard InChI is InChI=1S/C12H15ClN2O2/c13-10-5-11(16)15(12(17)14-10)6-9(7-1-2-7)8-3-4-8/h5,7-9H,1-4,6H2,(H,14,17). The van der Waals surface area contributed by atoms with E-state index in [1.807, 2.05) is 0 Å². The zero-order valence-electron chi connectivity index (χ0n) is 9.49. The topological polar surface area (TPSA) is 54.9 Å². The normalized spacial score (nSPS) is 19.9. The number of rotatable bonds is 4. The average molecular weight is 255 g/mol. The summed E-state index contributed by atoms with van der Waals surface area (Å²) in [5.41, 5.74) is -0.668. The molecule has 2 fully saturated rings. The Balaban J connectivity index is 1.88. The summed E-state index contributed by atoms with van der Waals surface area (Å²) in [5, 5.41) is 0.116. The molecule has 5 heteroatoms. The molecule has 17 heavy (non-hydrogen) atoms. The molecule has 0 atom stereocenters. The van der Waals surface area contributed by atoms with Gasteiger partial charge in [0.05, 0.1) is 0 Å². The van der Waals surface area contributed by atoms with Crippen LogP contribution in [0.1, 0.15) is 25.7 Å². The Kier molecular flexibility index (Phi) is 2.62. The largest absolute Gasteiger partial charge is 0.329 e. The van der Waals surface area contributed by atoms with Crippen molar-refractivity contribution in [2.24, 2.45) is 17.8 Å². The third-order valence-electron chi connectivity index (χ3n) is 3.84. The second-order valence-corrected chi connectivity index (χ2v) is 5.62. The highest BCUT2D eigenvalue weighted by Crippen LogP contribution is 2.49. The highest BCUT2D eigenvalue weighted by Gasteiger charge is 2.41. The smallest absolute Gasteiger partial charge is 0.298 e. The van der Waals surface area contributed by atoms with E-state index in [1.54, 1.807) is 0 Å². The molecule has 1 aromatic rings. The summed E-state index contributed by atoms with van der Waals surface area (Å²) in [6.07, 6.45) is 5.01. The van der Waals surface area contributed by atoms with Crippen molar-refractivity contribution in [3.05, 3.63) is 32.1 Å². The number of nitrogens with zero attached hydrogens (tertiary/aromatic N) is 1. The molecule has 2 aliphatic carbocycles. The van der Waals surface area contributed by atoms with Gasteiger partial charge in [-0.25, -0.2) is 4.79 Å². The van der Waals surface area contributed by atoms with Crippen LogP contribution < -0.4 is 11.2 Å². The van der Waals surface area contributed by atoms with Gasteiger partial charge in [-0.15, -0.1) is 0 Å². The van der Waals surface area contributed by atoms with Crippen LogP contribution in [0.5, 0.6) is 0 Å². The van der Waals surface area contributed by atoms with Gasteiger partial charge in [-0.3, -0.25) is 14.3 Å². The van der Waals surface area contributed by atoms with Gasteiger partial charge in [0, 0.05) is 12.6 Å². The molecule has 0 radical (unpaired) electrons. The Hall–Kier alpha value is -1.03. The van der Waals surface area contributed by atoms with E-state index in [0.29, 0.717) is 12.5 Å². The predicted octanol–water partition coefficient (Wildman–Crippen LogP) is 1.63. The minimum Gasteiger partial charge on any atom is -0.298 e. The molecule has 3 rings (SSSR count). The van der Waals surface area contributed by atoms with Gasteiger partial charge in [0.2, 0.25) is 0 Å². The van der Waals surface area contributed by atoms with Crippen LogP contribution in [0.15, 0.2) is 15.7 Å². The molecule has 0 spiro atoms. The summed E-state index contributed by atoms with van der Waals surface area (Å²) in [5.74, 6) is 1.96. The first-order valence-electron chi connectivity index (χ1n) is 6.15. The molecule has 1 heterocycles. The molecular weight excluding hydrogens is 240 g/mol. The highest BCUT2D eigenvalue weighted by molar-refractivity contribution is 6.29. The fourth-order valence-electron chi connectivity index (χ4n) is 2.61. The zero-order valence-corrected chi connectivity index (χ0v) is 10.2. The Morgan fingerprint density at radius 2 is 1.88 bits per heavy atom. The van der Waals surface area contributed by atoms with Crippen LogP contribution in [-0.2, 0) is 6.54 Å². The van der Waals surface area contributed by atoms with Gasteiger partial charge in [0.15, 0.2) is 0 Å². The van der Waals surface area contributed by atoms with Crippen molar-refractivity contribution in [3.63, 3.8) is 0 Å². The SMILES string of the molecule is O=c1cc(Cl)[nH]c(=O)n1CC(C1CC1)C1CC1. The fourth-order valence-corrected chi connectivity index (χ4v) is 2.78. The molecule has 2 aliphatic rings. The van der Waals surface area contributed by atoms with Crippen LogP contribution in [0.3, 0.4) is 0 Å². The van der Waals surface area contributed by atoms with Gasteiger partial charge >= 0.3 is 5.69 Å². The van der Waals surface area contributed by atoms with Crippen LogP contribution in [0.2, 0.25) is 5.15 Å². The van der Waals surface area contributed by atoms with E-state index in [1.165, 1.54) is 36.3 Å². The van der Waals surface area contributed by atoms with Crippen molar-refractivity contribution in [3.8, 4) is 0 Å². The lowest BCUT2D eigenvalue weighted by Gasteiger charge is -2.16. The van der Waals surface area contributed by atoms with Crippen LogP contribution in [0.25, 0.3) is 0 Å². The minimum atomic E-state index is -0.381. The van der Waals surface area contributed by atoms with E-state index in [9.17, 15) is 9.59 Å². The van der Waals surface area contributed by atoms with Crippen molar-refractivity contribution in [2.75, 3.05) is 0 Å². The summed E-state index contributed by atoms with van der Waals surface area (Å²) in [6, 6.07) is 1.28. The number of aromatic amines is 1. The maximum atomic E-state index is 11.7. The molecule has 0 saturated heterocycles. The van der Waals surface area contributed by atoms with Crippen molar-refractivity contribution in [1.29, 1.82) is 0 Å². The van der Waals surface area contributed by atoms with Gasteiger partial charge in [-0.05, 0) is 43.4 Å². The summed E-state index contributed by atoms with van der Waals surface area (Å²) < 4.78 is 1.30. The molecule has 0 aromatic carbocycles. The van der Waals surface area contributed by atoms with E-state index in [2.05, 4.69) is 4.98 Å². The number of nitrogens with one attached hydrogen (secondary N) is 1. The van der Waals surface area contributed by atoms with E-state index in [-0.39, 0.29) is 16.4 Å². The number of halogens is 1. The Bertz CT molecular complexity index is 497. The van der Waals surface area contributed by atoms with Gasteiger partial charge < -0.3 is 0 Å².